The van der Waals surface area contributed by atoms with Gasteiger partial charge in [0.1, 0.15) is 0 Å². The van der Waals surface area contributed by atoms with E-state index in [0.717, 1.165) is 12.8 Å². The highest BCUT2D eigenvalue weighted by Crippen LogP contribution is 2.13. The number of nitrogens with one attached hydrogen (secondary N) is 1. The maximum atomic E-state index is 10.2. The predicted octanol–water partition coefficient (Wildman–Crippen LogP) is 0.949. The molecule has 0 aliphatic heterocycles. The third-order valence-electron chi connectivity index (χ3n) is 1.89. The highest BCUT2D eigenvalue weighted by atomic mass is 32.2. The Kier molecular flexibility index (Phi) is 4.08. The van der Waals surface area contributed by atoms with E-state index in [1.165, 1.54) is 0 Å². The van der Waals surface area contributed by atoms with Crippen LogP contribution in [0.2, 0.25) is 0 Å². The van der Waals surface area contributed by atoms with Gasteiger partial charge in [0.25, 0.3) is 0 Å². The van der Waals surface area contributed by atoms with Crippen LogP contribution in [0.1, 0.15) is 33.6 Å². The molecule has 0 rings (SSSR count). The summed E-state index contributed by atoms with van der Waals surface area (Å²) in [7, 11) is 0. The molecular formula is C6H14NO2S-. The summed E-state index contributed by atoms with van der Waals surface area (Å²) < 4.78 is 22.9. The Morgan fingerprint density at radius 1 is 1.50 bits per heavy atom. The van der Waals surface area contributed by atoms with Gasteiger partial charge in [-0.25, -0.2) is 4.72 Å². The lowest BCUT2D eigenvalue weighted by Gasteiger charge is -2.28. The first kappa shape index (κ1) is 10.1. The van der Waals surface area contributed by atoms with Crippen LogP contribution in [0.3, 0.4) is 0 Å². The Bertz CT molecular complexity index is 123. The van der Waals surface area contributed by atoms with E-state index in [1.54, 1.807) is 0 Å². The molecule has 0 aliphatic rings. The number of hydrogen-bond donors (Lipinski definition) is 1. The first-order valence-corrected chi connectivity index (χ1v) is 4.48. The van der Waals surface area contributed by atoms with E-state index < -0.39 is 11.3 Å². The van der Waals surface area contributed by atoms with Crippen LogP contribution in [0, 0.1) is 0 Å². The van der Waals surface area contributed by atoms with Gasteiger partial charge in [-0.2, -0.15) is 0 Å². The molecule has 1 atom stereocenters. The molecule has 10 heavy (non-hydrogen) atoms. The predicted molar refractivity (Wildman–Crippen MR) is 41.0 cm³/mol. The molecule has 0 amide bonds. The quantitative estimate of drug-likeness (QED) is 0.629. The van der Waals surface area contributed by atoms with Gasteiger partial charge in [0, 0.05) is 16.8 Å². The van der Waals surface area contributed by atoms with E-state index in [2.05, 4.69) is 4.72 Å². The lowest BCUT2D eigenvalue weighted by Crippen LogP contribution is -2.41. The molecule has 0 aliphatic carbocycles. The van der Waals surface area contributed by atoms with Gasteiger partial charge in [-0.3, -0.25) is 4.21 Å². The van der Waals surface area contributed by atoms with Crippen molar-refractivity contribution in [2.24, 2.45) is 0 Å². The summed E-state index contributed by atoms with van der Waals surface area (Å²) in [5.41, 5.74) is -0.257. The first-order valence-electron chi connectivity index (χ1n) is 3.41. The summed E-state index contributed by atoms with van der Waals surface area (Å²) in [5, 5.41) is 0. The molecule has 0 aromatic heterocycles. The van der Waals surface area contributed by atoms with Crippen LogP contribution in [0.4, 0.5) is 0 Å². The molecule has 0 radical (unpaired) electrons. The third-order valence-corrected chi connectivity index (χ3v) is 2.55. The van der Waals surface area contributed by atoms with Gasteiger partial charge in [-0.1, -0.05) is 13.8 Å². The van der Waals surface area contributed by atoms with Crippen molar-refractivity contribution >= 4 is 11.3 Å². The highest BCUT2D eigenvalue weighted by Gasteiger charge is 2.18. The van der Waals surface area contributed by atoms with Crippen LogP contribution >= 0.6 is 0 Å². The fourth-order valence-electron chi connectivity index (χ4n) is 0.596. The minimum atomic E-state index is -2.13. The molecule has 1 N–H and O–H groups in total. The number of rotatable bonds is 4. The maximum absolute atomic E-state index is 10.2. The lowest BCUT2D eigenvalue weighted by molar-refractivity contribution is 0.380. The van der Waals surface area contributed by atoms with Gasteiger partial charge >= 0.3 is 0 Å². The SMILES string of the molecule is CCC(C)(CC)NS(=O)[O-]. The zero-order valence-electron chi connectivity index (χ0n) is 6.64. The molecule has 0 saturated heterocycles. The van der Waals surface area contributed by atoms with Crippen LogP contribution < -0.4 is 4.72 Å². The van der Waals surface area contributed by atoms with Crippen LogP contribution in [0.25, 0.3) is 0 Å². The highest BCUT2D eigenvalue weighted by molar-refractivity contribution is 7.77. The standard InChI is InChI=1S/C6H15NO2S/c1-4-6(3,5-2)7-10(8)9/h7H,4-5H2,1-3H3,(H,8,9)/p-1. The summed E-state index contributed by atoms with van der Waals surface area (Å²) in [5.74, 6) is 0. The van der Waals surface area contributed by atoms with E-state index in [0.29, 0.717) is 0 Å². The molecule has 0 aromatic rings. The zero-order valence-corrected chi connectivity index (χ0v) is 7.46. The molecule has 4 heteroatoms. The van der Waals surface area contributed by atoms with Crippen molar-refractivity contribution in [3.05, 3.63) is 0 Å². The normalized spacial score (nSPS) is 15.2. The van der Waals surface area contributed by atoms with Crippen molar-refractivity contribution in [1.82, 2.24) is 4.72 Å². The van der Waals surface area contributed by atoms with Gasteiger partial charge in [0.2, 0.25) is 0 Å². The van der Waals surface area contributed by atoms with Crippen LogP contribution in [-0.4, -0.2) is 14.3 Å². The van der Waals surface area contributed by atoms with Crippen molar-refractivity contribution in [3.8, 4) is 0 Å². The first-order chi connectivity index (χ1) is 4.54. The molecule has 0 spiro atoms. The minimum absolute atomic E-state index is 0.257. The van der Waals surface area contributed by atoms with Crippen LogP contribution in [0.15, 0.2) is 0 Å². The molecule has 0 bridgehead atoms. The van der Waals surface area contributed by atoms with Crippen molar-refractivity contribution in [2.75, 3.05) is 0 Å². The van der Waals surface area contributed by atoms with E-state index in [-0.39, 0.29) is 5.54 Å². The summed E-state index contributed by atoms with van der Waals surface area (Å²) >= 11 is -2.13. The average Bonchev–Trinajstić information content (AvgIpc) is 1.87. The molecule has 62 valence electrons. The van der Waals surface area contributed by atoms with Crippen LogP contribution in [0.5, 0.6) is 0 Å². The molecule has 0 saturated carbocycles. The summed E-state index contributed by atoms with van der Waals surface area (Å²) in [4.78, 5) is 0. The van der Waals surface area contributed by atoms with E-state index in [4.69, 9.17) is 0 Å². The molecule has 0 aromatic carbocycles. The maximum Gasteiger partial charge on any atom is 0.0262 e. The van der Waals surface area contributed by atoms with Crippen molar-refractivity contribution in [1.29, 1.82) is 0 Å². The molecule has 3 nitrogen and oxygen atoms in total. The summed E-state index contributed by atoms with van der Waals surface area (Å²) in [6, 6.07) is 0. The fourth-order valence-corrected chi connectivity index (χ4v) is 1.29. The molecule has 0 fully saturated rings. The van der Waals surface area contributed by atoms with E-state index >= 15 is 0 Å². The summed E-state index contributed by atoms with van der Waals surface area (Å²) in [6.07, 6.45) is 1.63. The largest absolute Gasteiger partial charge is 0.760 e. The van der Waals surface area contributed by atoms with Gasteiger partial charge in [0.15, 0.2) is 0 Å². The van der Waals surface area contributed by atoms with Gasteiger partial charge in [-0.15, -0.1) is 0 Å². The van der Waals surface area contributed by atoms with Crippen molar-refractivity contribution < 1.29 is 8.76 Å². The third kappa shape index (κ3) is 3.29. The topological polar surface area (TPSA) is 52.2 Å². The van der Waals surface area contributed by atoms with Gasteiger partial charge in [-0.05, 0) is 19.8 Å². The van der Waals surface area contributed by atoms with Crippen LogP contribution in [-0.2, 0) is 11.3 Å². The van der Waals surface area contributed by atoms with Crippen molar-refractivity contribution in [2.45, 2.75) is 39.2 Å². The second kappa shape index (κ2) is 4.05. The number of hydrogen-bond acceptors (Lipinski definition) is 2. The Morgan fingerprint density at radius 3 is 2.00 bits per heavy atom. The summed E-state index contributed by atoms with van der Waals surface area (Å²) in [6.45, 7) is 5.82. The molecule has 0 heterocycles. The van der Waals surface area contributed by atoms with E-state index in [1.807, 2.05) is 20.8 Å². The van der Waals surface area contributed by atoms with Gasteiger partial charge < -0.3 is 4.55 Å². The van der Waals surface area contributed by atoms with Crippen molar-refractivity contribution in [3.63, 3.8) is 0 Å². The zero-order chi connectivity index (χ0) is 8.20. The Morgan fingerprint density at radius 2 is 1.90 bits per heavy atom. The second-order valence-electron chi connectivity index (χ2n) is 2.60. The minimum Gasteiger partial charge on any atom is -0.760 e. The Balaban J connectivity index is 3.92. The molecule has 1 unspecified atom stereocenters. The average molecular weight is 164 g/mol. The second-order valence-corrected chi connectivity index (χ2v) is 3.28. The fraction of sp³-hybridized carbons (Fsp3) is 1.00. The Labute approximate surface area is 64.6 Å². The smallest absolute Gasteiger partial charge is 0.0262 e. The Hall–Kier alpha value is 0.0700. The monoisotopic (exact) mass is 164 g/mol. The lowest BCUT2D eigenvalue weighted by atomic mass is 9.98. The molecular weight excluding hydrogens is 150 g/mol. The van der Waals surface area contributed by atoms with E-state index in [9.17, 15) is 8.76 Å². The van der Waals surface area contributed by atoms with Gasteiger partial charge in [0.05, 0.1) is 0 Å².